The first-order chi connectivity index (χ1) is 12.1. The predicted molar refractivity (Wildman–Crippen MR) is 102 cm³/mol. The van der Waals surface area contributed by atoms with E-state index < -0.39 is 0 Å². The van der Waals surface area contributed by atoms with E-state index >= 15 is 0 Å². The van der Waals surface area contributed by atoms with Gasteiger partial charge in [-0.3, -0.25) is 4.98 Å². The molecular formula is C19H16ClN3OS. The molecule has 3 aromatic rings. The van der Waals surface area contributed by atoms with Crippen LogP contribution in [-0.2, 0) is 0 Å². The molecule has 0 bridgehead atoms. The van der Waals surface area contributed by atoms with Crippen LogP contribution in [0.4, 0.5) is 0 Å². The summed E-state index contributed by atoms with van der Waals surface area (Å²) in [6, 6.07) is 17.3. The number of aromatic nitrogens is 1. The third kappa shape index (κ3) is 3.01. The highest BCUT2D eigenvalue weighted by Crippen LogP contribution is 2.39. The molecule has 0 unspecified atom stereocenters. The Balaban J connectivity index is 1.69. The molecule has 1 aliphatic heterocycles. The minimum Gasteiger partial charge on any atom is -0.459 e. The van der Waals surface area contributed by atoms with E-state index in [1.54, 1.807) is 6.20 Å². The quantitative estimate of drug-likeness (QED) is 0.683. The fourth-order valence-corrected chi connectivity index (χ4v) is 3.46. The summed E-state index contributed by atoms with van der Waals surface area (Å²) in [6.45, 7) is 0. The zero-order valence-electron chi connectivity index (χ0n) is 13.5. The summed E-state index contributed by atoms with van der Waals surface area (Å²) in [5.74, 6) is 1.65. The third-order valence-corrected chi connectivity index (χ3v) is 5.04. The molecular weight excluding hydrogens is 354 g/mol. The van der Waals surface area contributed by atoms with Gasteiger partial charge < -0.3 is 14.6 Å². The molecule has 1 N–H and O–H groups in total. The zero-order chi connectivity index (χ0) is 17.4. The number of thiocarbonyl (C=S) groups is 1. The molecule has 25 heavy (non-hydrogen) atoms. The second kappa shape index (κ2) is 6.50. The first-order valence-electron chi connectivity index (χ1n) is 7.93. The SMILES string of the molecule is CN1C(=S)N[C@@H](c2ccccn2)[C@H]1c1ccc(-c2ccc(Cl)cc2)o1. The highest BCUT2D eigenvalue weighted by atomic mass is 35.5. The number of likely N-dealkylation sites (N-methyl/N-ethyl adjacent to an activating group) is 1. The molecule has 1 fully saturated rings. The van der Waals surface area contributed by atoms with Crippen molar-refractivity contribution in [2.45, 2.75) is 12.1 Å². The van der Waals surface area contributed by atoms with Crippen LogP contribution < -0.4 is 5.32 Å². The average molecular weight is 370 g/mol. The summed E-state index contributed by atoms with van der Waals surface area (Å²) in [5, 5.41) is 4.73. The summed E-state index contributed by atoms with van der Waals surface area (Å²) < 4.78 is 6.15. The van der Waals surface area contributed by atoms with Gasteiger partial charge in [-0.25, -0.2) is 0 Å². The topological polar surface area (TPSA) is 41.3 Å². The van der Waals surface area contributed by atoms with Crippen molar-refractivity contribution >= 4 is 28.9 Å². The highest BCUT2D eigenvalue weighted by molar-refractivity contribution is 7.80. The number of hydrogen-bond donors (Lipinski definition) is 1. The summed E-state index contributed by atoms with van der Waals surface area (Å²) in [7, 11) is 1.97. The summed E-state index contributed by atoms with van der Waals surface area (Å²) in [5.41, 5.74) is 1.92. The van der Waals surface area contributed by atoms with Crippen LogP contribution in [0, 0.1) is 0 Å². The first-order valence-corrected chi connectivity index (χ1v) is 8.72. The Bertz CT molecular complexity index is 895. The number of rotatable bonds is 3. The first kappa shape index (κ1) is 16.1. The normalized spacial score (nSPS) is 19.9. The molecule has 0 radical (unpaired) electrons. The fourth-order valence-electron chi connectivity index (χ4n) is 3.10. The standard InChI is InChI=1S/C19H16ClN3OS/c1-23-18(17(22-19(23)25)14-4-2-3-11-21-14)16-10-9-15(24-16)12-5-7-13(20)8-6-12/h2-11,17-18H,1H3,(H,22,25)/t17-,18+/m0/s1. The lowest BCUT2D eigenvalue weighted by Crippen LogP contribution is -2.24. The Morgan fingerprint density at radius 1 is 1.12 bits per heavy atom. The molecule has 0 saturated carbocycles. The molecule has 1 aromatic carbocycles. The van der Waals surface area contributed by atoms with E-state index in [1.807, 2.05) is 66.5 Å². The van der Waals surface area contributed by atoms with E-state index in [1.165, 1.54) is 0 Å². The Morgan fingerprint density at radius 2 is 1.92 bits per heavy atom. The van der Waals surface area contributed by atoms with E-state index in [0.29, 0.717) is 10.1 Å². The van der Waals surface area contributed by atoms with Gasteiger partial charge in [-0.05, 0) is 60.7 Å². The molecule has 0 aliphatic carbocycles. The van der Waals surface area contributed by atoms with E-state index in [0.717, 1.165) is 22.8 Å². The lowest BCUT2D eigenvalue weighted by atomic mass is 10.0. The lowest BCUT2D eigenvalue weighted by molar-refractivity contribution is 0.310. The average Bonchev–Trinajstić information content (AvgIpc) is 3.22. The fraction of sp³-hybridized carbons (Fsp3) is 0.158. The van der Waals surface area contributed by atoms with Crippen LogP contribution in [-0.4, -0.2) is 22.0 Å². The monoisotopic (exact) mass is 369 g/mol. The predicted octanol–water partition coefficient (Wildman–Crippen LogP) is 4.60. The molecule has 6 heteroatoms. The lowest BCUT2D eigenvalue weighted by Gasteiger charge is -2.21. The summed E-state index contributed by atoms with van der Waals surface area (Å²) in [6.07, 6.45) is 1.79. The number of pyridine rings is 1. The van der Waals surface area contributed by atoms with Crippen LogP contribution in [0.25, 0.3) is 11.3 Å². The number of nitrogens with zero attached hydrogens (tertiary/aromatic N) is 2. The largest absolute Gasteiger partial charge is 0.459 e. The second-order valence-electron chi connectivity index (χ2n) is 5.95. The molecule has 0 spiro atoms. The summed E-state index contributed by atoms with van der Waals surface area (Å²) >= 11 is 11.4. The minimum atomic E-state index is -0.0529. The van der Waals surface area contributed by atoms with Crippen LogP contribution in [0.1, 0.15) is 23.5 Å². The number of furan rings is 1. The maximum Gasteiger partial charge on any atom is 0.170 e. The molecule has 4 rings (SSSR count). The van der Waals surface area contributed by atoms with E-state index in [9.17, 15) is 0 Å². The van der Waals surface area contributed by atoms with Gasteiger partial charge in [-0.15, -0.1) is 0 Å². The van der Waals surface area contributed by atoms with Gasteiger partial charge in [0.05, 0.1) is 11.7 Å². The zero-order valence-corrected chi connectivity index (χ0v) is 15.1. The van der Waals surface area contributed by atoms with Crippen LogP contribution >= 0.6 is 23.8 Å². The van der Waals surface area contributed by atoms with Gasteiger partial charge in [-0.1, -0.05) is 17.7 Å². The summed E-state index contributed by atoms with van der Waals surface area (Å²) in [4.78, 5) is 6.49. The van der Waals surface area contributed by atoms with Gasteiger partial charge in [0.1, 0.15) is 17.6 Å². The molecule has 2 aromatic heterocycles. The molecule has 0 amide bonds. The van der Waals surface area contributed by atoms with Crippen molar-refractivity contribution in [1.29, 1.82) is 0 Å². The van der Waals surface area contributed by atoms with Crippen molar-refractivity contribution in [2.75, 3.05) is 7.05 Å². The Morgan fingerprint density at radius 3 is 2.64 bits per heavy atom. The van der Waals surface area contributed by atoms with Gasteiger partial charge in [-0.2, -0.15) is 0 Å². The molecule has 3 heterocycles. The molecule has 1 aliphatic rings. The molecule has 2 atom stereocenters. The van der Waals surface area contributed by atoms with E-state index in [-0.39, 0.29) is 12.1 Å². The van der Waals surface area contributed by atoms with E-state index in [4.69, 9.17) is 28.2 Å². The maximum absolute atomic E-state index is 6.15. The van der Waals surface area contributed by atoms with Crippen LogP contribution in [0.5, 0.6) is 0 Å². The number of nitrogens with one attached hydrogen (secondary N) is 1. The van der Waals surface area contributed by atoms with Gasteiger partial charge in [0.2, 0.25) is 0 Å². The second-order valence-corrected chi connectivity index (χ2v) is 6.77. The van der Waals surface area contributed by atoms with E-state index in [2.05, 4.69) is 10.3 Å². The van der Waals surface area contributed by atoms with Crippen molar-refractivity contribution in [3.8, 4) is 11.3 Å². The van der Waals surface area contributed by atoms with Crippen molar-refractivity contribution in [3.63, 3.8) is 0 Å². The van der Waals surface area contributed by atoms with Gasteiger partial charge in [0.25, 0.3) is 0 Å². The van der Waals surface area contributed by atoms with Crippen LogP contribution in [0.15, 0.2) is 65.2 Å². The van der Waals surface area contributed by atoms with Gasteiger partial charge in [0, 0.05) is 23.8 Å². The van der Waals surface area contributed by atoms with Crippen molar-refractivity contribution in [1.82, 2.24) is 15.2 Å². The van der Waals surface area contributed by atoms with Gasteiger partial charge in [0.15, 0.2) is 5.11 Å². The molecule has 4 nitrogen and oxygen atoms in total. The number of benzene rings is 1. The van der Waals surface area contributed by atoms with Crippen molar-refractivity contribution in [3.05, 3.63) is 77.3 Å². The minimum absolute atomic E-state index is 0.0524. The molecule has 1 saturated heterocycles. The van der Waals surface area contributed by atoms with Crippen LogP contribution in [0.2, 0.25) is 5.02 Å². The Kier molecular flexibility index (Phi) is 4.19. The Hall–Kier alpha value is -2.37. The smallest absolute Gasteiger partial charge is 0.170 e. The van der Waals surface area contributed by atoms with Crippen molar-refractivity contribution in [2.24, 2.45) is 0 Å². The van der Waals surface area contributed by atoms with Gasteiger partial charge >= 0.3 is 0 Å². The Labute approximate surface area is 156 Å². The highest BCUT2D eigenvalue weighted by Gasteiger charge is 2.39. The third-order valence-electron chi connectivity index (χ3n) is 4.39. The maximum atomic E-state index is 6.15. The number of hydrogen-bond acceptors (Lipinski definition) is 3. The number of halogens is 1. The molecule has 126 valence electrons. The van der Waals surface area contributed by atoms with Crippen molar-refractivity contribution < 1.29 is 4.42 Å². The van der Waals surface area contributed by atoms with Crippen LogP contribution in [0.3, 0.4) is 0 Å².